The molecule has 1 amide bonds. The summed E-state index contributed by atoms with van der Waals surface area (Å²) in [7, 11) is 0. The van der Waals surface area contributed by atoms with Gasteiger partial charge in [-0.3, -0.25) is 14.2 Å². The third kappa shape index (κ3) is 4.55. The Hall–Kier alpha value is -3.10. The van der Waals surface area contributed by atoms with Crippen LogP contribution >= 0.6 is 0 Å². The number of carbonyl (C=O) groups excluding carboxylic acids is 1. The molecule has 0 saturated carbocycles. The van der Waals surface area contributed by atoms with Crippen LogP contribution in [-0.4, -0.2) is 26.8 Å². The fourth-order valence-electron chi connectivity index (χ4n) is 2.68. The Morgan fingerprint density at radius 1 is 1.30 bits per heavy atom. The van der Waals surface area contributed by atoms with Crippen LogP contribution in [-0.2, 0) is 17.5 Å². The summed E-state index contributed by atoms with van der Waals surface area (Å²) in [5, 5.41) is 5.79. The fourth-order valence-corrected chi connectivity index (χ4v) is 2.68. The highest BCUT2D eigenvalue weighted by Gasteiger charge is 2.30. The average molecular weight is 377 g/mol. The highest BCUT2D eigenvalue weighted by molar-refractivity contribution is 5.76. The van der Waals surface area contributed by atoms with Crippen LogP contribution < -0.4 is 10.6 Å². The van der Waals surface area contributed by atoms with Gasteiger partial charge in [-0.15, -0.1) is 0 Å². The molecule has 0 fully saturated rings. The first kappa shape index (κ1) is 18.7. The van der Waals surface area contributed by atoms with Gasteiger partial charge in [0.15, 0.2) is 5.65 Å². The van der Waals surface area contributed by atoms with E-state index in [0.717, 1.165) is 23.6 Å². The van der Waals surface area contributed by atoms with Crippen LogP contribution in [0.5, 0.6) is 0 Å². The minimum atomic E-state index is -4.40. The number of fused-ring (bicyclic) bond motifs is 1. The Bertz CT molecular complexity index is 952. The molecule has 0 saturated heterocycles. The van der Waals surface area contributed by atoms with Gasteiger partial charge in [0.05, 0.1) is 17.5 Å². The van der Waals surface area contributed by atoms with Crippen molar-refractivity contribution in [1.82, 2.24) is 19.7 Å². The first-order valence-corrected chi connectivity index (χ1v) is 8.30. The Morgan fingerprint density at radius 3 is 2.89 bits per heavy atom. The van der Waals surface area contributed by atoms with Gasteiger partial charge in [0, 0.05) is 31.9 Å². The van der Waals surface area contributed by atoms with Crippen molar-refractivity contribution < 1.29 is 18.0 Å². The summed E-state index contributed by atoms with van der Waals surface area (Å²) in [5.74, 6) is 0.520. The first-order chi connectivity index (χ1) is 12.8. The summed E-state index contributed by atoms with van der Waals surface area (Å²) in [6.07, 6.45) is 0.828. The van der Waals surface area contributed by atoms with E-state index < -0.39 is 11.7 Å². The Morgan fingerprint density at radius 2 is 2.11 bits per heavy atom. The number of imidazole rings is 1. The molecule has 3 aromatic rings. The number of amides is 1. The van der Waals surface area contributed by atoms with Gasteiger partial charge in [0.25, 0.3) is 0 Å². The number of carbonyl (C=O) groups is 1. The molecule has 2 N–H and O–H groups in total. The third-order valence-electron chi connectivity index (χ3n) is 3.99. The largest absolute Gasteiger partial charge is 0.416 e. The van der Waals surface area contributed by atoms with E-state index in [1.807, 2.05) is 11.3 Å². The lowest BCUT2D eigenvalue weighted by Gasteiger charge is -2.10. The molecular weight excluding hydrogens is 359 g/mol. The van der Waals surface area contributed by atoms with Gasteiger partial charge in [-0.05, 0) is 24.6 Å². The molecule has 0 aliphatic heterocycles. The van der Waals surface area contributed by atoms with Crippen molar-refractivity contribution in [2.75, 3.05) is 11.9 Å². The summed E-state index contributed by atoms with van der Waals surface area (Å²) in [4.78, 5) is 20.3. The Kier molecular flexibility index (Phi) is 5.29. The summed E-state index contributed by atoms with van der Waals surface area (Å²) in [5.41, 5.74) is 1.16. The van der Waals surface area contributed by atoms with Crippen molar-refractivity contribution in [3.8, 4) is 0 Å². The maximum absolute atomic E-state index is 12.7. The predicted molar refractivity (Wildman–Crippen MR) is 94.1 cm³/mol. The zero-order chi connectivity index (χ0) is 19.4. The summed E-state index contributed by atoms with van der Waals surface area (Å²) in [6.45, 7) is 2.26. The molecule has 6 nitrogen and oxygen atoms in total. The molecule has 2 heterocycles. The van der Waals surface area contributed by atoms with Crippen molar-refractivity contribution >= 4 is 17.4 Å². The molecule has 0 radical (unpaired) electrons. The minimum absolute atomic E-state index is 0.0447. The number of anilines is 1. The molecule has 3 rings (SSSR count). The molecule has 27 heavy (non-hydrogen) atoms. The van der Waals surface area contributed by atoms with E-state index >= 15 is 0 Å². The molecule has 0 aliphatic carbocycles. The SMILES string of the molecule is Cc1nc2cnccn2c1NCCC(=O)NCc1cccc(C(F)(F)F)c1. The highest BCUT2D eigenvalue weighted by atomic mass is 19.4. The Balaban J connectivity index is 1.51. The van der Waals surface area contributed by atoms with Crippen LogP contribution in [0, 0.1) is 6.92 Å². The topological polar surface area (TPSA) is 71.3 Å². The molecule has 0 bridgehead atoms. The number of alkyl halides is 3. The van der Waals surface area contributed by atoms with Crippen molar-refractivity contribution in [1.29, 1.82) is 0 Å². The van der Waals surface area contributed by atoms with E-state index in [0.29, 0.717) is 17.8 Å². The number of rotatable bonds is 6. The van der Waals surface area contributed by atoms with Crippen molar-refractivity contribution in [2.24, 2.45) is 0 Å². The van der Waals surface area contributed by atoms with Crippen molar-refractivity contribution in [2.45, 2.75) is 26.1 Å². The lowest BCUT2D eigenvalue weighted by atomic mass is 10.1. The first-order valence-electron chi connectivity index (χ1n) is 8.30. The number of nitrogens with zero attached hydrogens (tertiary/aromatic N) is 3. The molecule has 0 atom stereocenters. The fraction of sp³-hybridized carbons (Fsp3) is 0.278. The van der Waals surface area contributed by atoms with Gasteiger partial charge in [0.2, 0.25) is 5.91 Å². The number of aromatic nitrogens is 3. The standard InChI is InChI=1S/C18H18F3N5O/c1-12-17(26-8-7-22-11-15(26)25-12)23-6-5-16(27)24-10-13-3-2-4-14(9-13)18(19,20)21/h2-4,7-9,11,23H,5-6,10H2,1H3,(H,24,27). The van der Waals surface area contributed by atoms with Crippen molar-refractivity contribution in [3.05, 3.63) is 59.7 Å². The number of benzene rings is 1. The molecular formula is C18H18F3N5O. The molecule has 142 valence electrons. The minimum Gasteiger partial charge on any atom is -0.369 e. The van der Waals surface area contributed by atoms with Crippen LogP contribution in [0.4, 0.5) is 19.0 Å². The lowest BCUT2D eigenvalue weighted by Crippen LogP contribution is -2.25. The van der Waals surface area contributed by atoms with Gasteiger partial charge < -0.3 is 10.6 Å². The number of halogens is 3. The van der Waals surface area contributed by atoms with Gasteiger partial charge in [0.1, 0.15) is 5.82 Å². The number of nitrogens with one attached hydrogen (secondary N) is 2. The van der Waals surface area contributed by atoms with Crippen LogP contribution in [0.25, 0.3) is 5.65 Å². The monoisotopic (exact) mass is 377 g/mol. The predicted octanol–water partition coefficient (Wildman–Crippen LogP) is 3.17. The quantitative estimate of drug-likeness (QED) is 0.692. The summed E-state index contributed by atoms with van der Waals surface area (Å²) < 4.78 is 40.0. The van der Waals surface area contributed by atoms with Gasteiger partial charge in [-0.25, -0.2) is 4.98 Å². The molecule has 1 aromatic carbocycles. The van der Waals surface area contributed by atoms with E-state index in [1.165, 1.54) is 6.07 Å². The van der Waals surface area contributed by atoms with Crippen LogP contribution in [0.2, 0.25) is 0 Å². The number of aryl methyl sites for hydroxylation is 1. The van der Waals surface area contributed by atoms with Gasteiger partial charge >= 0.3 is 6.18 Å². The summed E-state index contributed by atoms with van der Waals surface area (Å²) in [6, 6.07) is 4.91. The maximum atomic E-state index is 12.7. The molecule has 0 unspecified atom stereocenters. The molecule has 0 aliphatic rings. The molecule has 2 aromatic heterocycles. The normalized spacial score (nSPS) is 11.6. The lowest BCUT2D eigenvalue weighted by molar-refractivity contribution is -0.137. The van der Waals surface area contributed by atoms with Crippen LogP contribution in [0.1, 0.15) is 23.2 Å². The number of hydrogen-bond donors (Lipinski definition) is 2. The van der Waals surface area contributed by atoms with E-state index in [-0.39, 0.29) is 18.9 Å². The zero-order valence-corrected chi connectivity index (χ0v) is 14.5. The molecule has 9 heteroatoms. The summed E-state index contributed by atoms with van der Waals surface area (Å²) >= 11 is 0. The average Bonchev–Trinajstić information content (AvgIpc) is 2.95. The third-order valence-corrected chi connectivity index (χ3v) is 3.99. The van der Waals surface area contributed by atoms with Crippen LogP contribution in [0.15, 0.2) is 42.9 Å². The smallest absolute Gasteiger partial charge is 0.369 e. The van der Waals surface area contributed by atoms with E-state index in [4.69, 9.17) is 0 Å². The highest BCUT2D eigenvalue weighted by Crippen LogP contribution is 2.29. The second-order valence-corrected chi connectivity index (χ2v) is 6.00. The number of hydrogen-bond acceptors (Lipinski definition) is 4. The molecule has 0 spiro atoms. The van der Waals surface area contributed by atoms with E-state index in [1.54, 1.807) is 24.7 Å². The Labute approximate surface area is 153 Å². The maximum Gasteiger partial charge on any atom is 0.416 e. The van der Waals surface area contributed by atoms with E-state index in [9.17, 15) is 18.0 Å². The second-order valence-electron chi connectivity index (χ2n) is 6.00. The zero-order valence-electron chi connectivity index (χ0n) is 14.5. The van der Waals surface area contributed by atoms with Crippen LogP contribution in [0.3, 0.4) is 0 Å². The second kappa shape index (κ2) is 7.65. The van der Waals surface area contributed by atoms with Gasteiger partial charge in [-0.2, -0.15) is 13.2 Å². The van der Waals surface area contributed by atoms with E-state index in [2.05, 4.69) is 20.6 Å². The van der Waals surface area contributed by atoms with Gasteiger partial charge in [-0.1, -0.05) is 12.1 Å². The van der Waals surface area contributed by atoms with Crippen molar-refractivity contribution in [3.63, 3.8) is 0 Å².